The maximum atomic E-state index is 12.9. The van der Waals surface area contributed by atoms with Gasteiger partial charge in [-0.1, -0.05) is 32.6 Å². The van der Waals surface area contributed by atoms with Crippen LogP contribution in [0.15, 0.2) is 29.2 Å². The van der Waals surface area contributed by atoms with Crippen molar-refractivity contribution in [1.29, 1.82) is 0 Å². The molecule has 0 radical (unpaired) electrons. The second-order valence-corrected chi connectivity index (χ2v) is 10.6. The first-order valence-corrected chi connectivity index (χ1v) is 12.8. The van der Waals surface area contributed by atoms with Gasteiger partial charge in [-0.2, -0.15) is 0 Å². The minimum atomic E-state index is -4.03. The molecule has 1 unspecified atom stereocenters. The van der Waals surface area contributed by atoms with Crippen molar-refractivity contribution in [3.05, 3.63) is 24.3 Å². The highest BCUT2D eigenvalue weighted by Crippen LogP contribution is 2.34. The molecule has 1 aromatic carbocycles. The van der Waals surface area contributed by atoms with Gasteiger partial charge in [0.2, 0.25) is 5.91 Å². The first-order chi connectivity index (χ1) is 14.8. The molecular formula is C23H34N2O5S. The molecule has 0 bridgehead atoms. The number of sulfonamides is 1. The fraction of sp³-hybridized carbons (Fsp3) is 0.652. The SMILES string of the molecule is CCCCOc1ccc(S(=O)(=O)NC(=O)C2(C)CCN2C(=O)CC2CCCCC2)cc1. The van der Waals surface area contributed by atoms with Gasteiger partial charge in [0.05, 0.1) is 11.5 Å². The van der Waals surface area contributed by atoms with Gasteiger partial charge in [0.1, 0.15) is 11.3 Å². The molecule has 1 heterocycles. The van der Waals surface area contributed by atoms with E-state index in [4.69, 9.17) is 4.74 Å². The minimum Gasteiger partial charge on any atom is -0.494 e. The Balaban J connectivity index is 1.60. The number of hydrogen-bond donors (Lipinski definition) is 1. The van der Waals surface area contributed by atoms with Crippen molar-refractivity contribution < 1.29 is 22.7 Å². The van der Waals surface area contributed by atoms with Crippen LogP contribution in [0.2, 0.25) is 0 Å². The Kier molecular flexibility index (Phi) is 7.62. The van der Waals surface area contributed by atoms with Crippen LogP contribution >= 0.6 is 0 Å². The number of nitrogens with zero attached hydrogens (tertiary/aromatic N) is 1. The summed E-state index contributed by atoms with van der Waals surface area (Å²) in [7, 11) is -4.03. The summed E-state index contributed by atoms with van der Waals surface area (Å²) in [4.78, 5) is 27.2. The number of hydrogen-bond acceptors (Lipinski definition) is 5. The predicted octanol–water partition coefficient (Wildman–Crippen LogP) is 3.63. The fourth-order valence-corrected chi connectivity index (χ4v) is 5.36. The van der Waals surface area contributed by atoms with Crippen molar-refractivity contribution in [2.45, 2.75) is 82.1 Å². The third-order valence-corrected chi connectivity index (χ3v) is 7.87. The monoisotopic (exact) mass is 450 g/mol. The van der Waals surface area contributed by atoms with Crippen LogP contribution in [0.5, 0.6) is 5.75 Å². The van der Waals surface area contributed by atoms with E-state index in [1.165, 1.54) is 23.5 Å². The molecule has 1 saturated carbocycles. The Bertz CT molecular complexity index is 878. The van der Waals surface area contributed by atoms with E-state index < -0.39 is 21.5 Å². The van der Waals surface area contributed by atoms with Crippen molar-refractivity contribution in [3.63, 3.8) is 0 Å². The summed E-state index contributed by atoms with van der Waals surface area (Å²) in [6.45, 7) is 4.77. The number of rotatable bonds is 9. The number of unbranched alkanes of at least 4 members (excludes halogenated alkanes) is 1. The lowest BCUT2D eigenvalue weighted by atomic mass is 9.82. The number of ether oxygens (including phenoxy) is 1. The molecule has 1 aliphatic carbocycles. The van der Waals surface area contributed by atoms with Crippen molar-refractivity contribution in [2.24, 2.45) is 5.92 Å². The zero-order chi connectivity index (χ0) is 22.5. The van der Waals surface area contributed by atoms with Gasteiger partial charge in [0.15, 0.2) is 0 Å². The third kappa shape index (κ3) is 5.59. The molecule has 8 heteroatoms. The minimum absolute atomic E-state index is 0.00769. The highest BCUT2D eigenvalue weighted by molar-refractivity contribution is 7.90. The lowest BCUT2D eigenvalue weighted by molar-refractivity contribution is -0.157. The zero-order valence-corrected chi connectivity index (χ0v) is 19.4. The van der Waals surface area contributed by atoms with E-state index in [1.54, 1.807) is 19.1 Å². The largest absolute Gasteiger partial charge is 0.494 e. The van der Waals surface area contributed by atoms with Crippen LogP contribution in [0.25, 0.3) is 0 Å². The van der Waals surface area contributed by atoms with Gasteiger partial charge in [-0.15, -0.1) is 0 Å². The Morgan fingerprint density at radius 1 is 1.16 bits per heavy atom. The van der Waals surface area contributed by atoms with Crippen LogP contribution in [0.4, 0.5) is 0 Å². The maximum Gasteiger partial charge on any atom is 0.264 e. The van der Waals surface area contributed by atoms with Gasteiger partial charge in [-0.05, 0) is 62.8 Å². The van der Waals surface area contributed by atoms with Gasteiger partial charge >= 0.3 is 0 Å². The molecular weight excluding hydrogens is 416 g/mol. The summed E-state index contributed by atoms with van der Waals surface area (Å²) in [5, 5.41) is 0. The Labute approximate surface area is 185 Å². The van der Waals surface area contributed by atoms with Crippen LogP contribution in [0.1, 0.15) is 71.6 Å². The number of nitrogens with one attached hydrogen (secondary N) is 1. The predicted molar refractivity (Wildman–Crippen MR) is 118 cm³/mol. The molecule has 2 amide bonds. The van der Waals surface area contributed by atoms with Crippen LogP contribution in [-0.2, 0) is 19.6 Å². The van der Waals surface area contributed by atoms with Crippen molar-refractivity contribution in [1.82, 2.24) is 9.62 Å². The van der Waals surface area contributed by atoms with Crippen LogP contribution in [0.3, 0.4) is 0 Å². The van der Waals surface area contributed by atoms with Crippen molar-refractivity contribution in [3.8, 4) is 5.75 Å². The summed E-state index contributed by atoms with van der Waals surface area (Å²) in [6, 6.07) is 6.01. The zero-order valence-electron chi connectivity index (χ0n) is 18.6. The number of benzene rings is 1. The van der Waals surface area contributed by atoms with Gasteiger partial charge in [-0.25, -0.2) is 13.1 Å². The summed E-state index contributed by atoms with van der Waals surface area (Å²) < 4.78 is 33.2. The van der Waals surface area contributed by atoms with E-state index >= 15 is 0 Å². The van der Waals surface area contributed by atoms with Gasteiger partial charge < -0.3 is 9.64 Å². The van der Waals surface area contributed by atoms with Crippen LogP contribution < -0.4 is 9.46 Å². The molecule has 1 N–H and O–H groups in total. The summed E-state index contributed by atoms with van der Waals surface area (Å²) in [5.41, 5.74) is -1.12. The smallest absolute Gasteiger partial charge is 0.264 e. The molecule has 0 aromatic heterocycles. The molecule has 172 valence electrons. The van der Waals surface area contributed by atoms with Gasteiger partial charge in [0, 0.05) is 13.0 Å². The number of carbonyl (C=O) groups excluding carboxylic acids is 2. The molecule has 1 saturated heterocycles. The first-order valence-electron chi connectivity index (χ1n) is 11.4. The Morgan fingerprint density at radius 3 is 2.42 bits per heavy atom. The number of amides is 2. The topological polar surface area (TPSA) is 92.8 Å². The maximum absolute atomic E-state index is 12.9. The molecule has 31 heavy (non-hydrogen) atoms. The second-order valence-electron chi connectivity index (χ2n) is 8.89. The van der Waals surface area contributed by atoms with Gasteiger partial charge in [-0.3, -0.25) is 9.59 Å². The highest BCUT2D eigenvalue weighted by atomic mass is 32.2. The molecule has 2 fully saturated rings. The van der Waals surface area contributed by atoms with E-state index in [0.717, 1.165) is 38.5 Å². The van der Waals surface area contributed by atoms with E-state index in [9.17, 15) is 18.0 Å². The molecule has 7 nitrogen and oxygen atoms in total. The molecule has 1 aliphatic heterocycles. The van der Waals surface area contributed by atoms with Crippen LogP contribution in [-0.4, -0.2) is 43.8 Å². The number of likely N-dealkylation sites (tertiary alicyclic amines) is 1. The molecule has 1 atom stereocenters. The summed E-state index contributed by atoms with van der Waals surface area (Å²) in [5.74, 6) is 0.251. The average Bonchev–Trinajstić information content (AvgIpc) is 2.73. The summed E-state index contributed by atoms with van der Waals surface area (Å²) in [6.07, 6.45) is 8.45. The standard InChI is InChI=1S/C23H34N2O5S/c1-3-4-16-30-19-10-12-20(13-11-19)31(28,29)24-22(27)23(2)14-15-25(23)21(26)17-18-8-6-5-7-9-18/h10-13,18H,3-9,14-17H2,1-2H3,(H,24,27). The van der Waals surface area contributed by atoms with E-state index in [0.29, 0.717) is 37.7 Å². The van der Waals surface area contributed by atoms with Gasteiger partial charge in [0.25, 0.3) is 15.9 Å². The Hall–Kier alpha value is -2.09. The first kappa shape index (κ1) is 23.6. The second kappa shape index (κ2) is 10.0. The van der Waals surface area contributed by atoms with Crippen molar-refractivity contribution >= 4 is 21.8 Å². The highest BCUT2D eigenvalue weighted by Gasteiger charge is 2.50. The van der Waals surface area contributed by atoms with E-state index in [2.05, 4.69) is 11.6 Å². The lowest BCUT2D eigenvalue weighted by Gasteiger charge is -2.49. The van der Waals surface area contributed by atoms with E-state index in [1.807, 2.05) is 0 Å². The van der Waals surface area contributed by atoms with Crippen LogP contribution in [0, 0.1) is 5.92 Å². The van der Waals surface area contributed by atoms with E-state index in [-0.39, 0.29) is 10.8 Å². The normalized spacial score (nSPS) is 21.9. The summed E-state index contributed by atoms with van der Waals surface area (Å²) >= 11 is 0. The fourth-order valence-electron chi connectivity index (χ4n) is 4.28. The molecule has 0 spiro atoms. The average molecular weight is 451 g/mol. The third-order valence-electron chi connectivity index (χ3n) is 6.52. The van der Waals surface area contributed by atoms with Crippen molar-refractivity contribution in [2.75, 3.05) is 13.2 Å². The number of carbonyl (C=O) groups is 2. The lowest BCUT2D eigenvalue weighted by Crippen LogP contribution is -2.68. The Morgan fingerprint density at radius 2 is 1.84 bits per heavy atom. The molecule has 1 aromatic rings. The molecule has 2 aliphatic rings. The quantitative estimate of drug-likeness (QED) is 0.580. The molecule has 3 rings (SSSR count).